The first-order valence-corrected chi connectivity index (χ1v) is 6.51. The van der Waals surface area contributed by atoms with Crippen LogP contribution in [-0.4, -0.2) is 31.7 Å². The van der Waals surface area contributed by atoms with Crippen LogP contribution in [0.5, 0.6) is 11.5 Å². The van der Waals surface area contributed by atoms with Crippen LogP contribution in [0.15, 0.2) is 12.1 Å². The third kappa shape index (κ3) is 2.45. The first-order chi connectivity index (χ1) is 9.12. The molecule has 104 valence electrons. The Hall–Kier alpha value is -1.55. The Labute approximate surface area is 113 Å². The van der Waals surface area contributed by atoms with Crippen molar-refractivity contribution in [1.29, 1.82) is 0 Å². The van der Waals surface area contributed by atoms with E-state index in [-0.39, 0.29) is 24.2 Å². The Balaban J connectivity index is 2.36. The van der Waals surface area contributed by atoms with E-state index in [2.05, 4.69) is 0 Å². The fourth-order valence-electron chi connectivity index (χ4n) is 2.66. The van der Waals surface area contributed by atoms with Crippen LogP contribution in [0.3, 0.4) is 0 Å². The Bertz CT molecular complexity index is 481. The summed E-state index contributed by atoms with van der Waals surface area (Å²) in [4.78, 5) is 12.3. The number of rotatable bonds is 5. The van der Waals surface area contributed by atoms with Crippen molar-refractivity contribution in [2.75, 3.05) is 20.8 Å². The quantitative estimate of drug-likeness (QED) is 0.883. The molecule has 0 saturated heterocycles. The van der Waals surface area contributed by atoms with Gasteiger partial charge in [-0.1, -0.05) is 6.92 Å². The van der Waals surface area contributed by atoms with Gasteiger partial charge in [0.2, 0.25) is 0 Å². The number of fused-ring (bicyclic) bond motifs is 1. The molecule has 1 aromatic rings. The van der Waals surface area contributed by atoms with Crippen molar-refractivity contribution in [3.05, 3.63) is 23.3 Å². The maximum Gasteiger partial charge on any atom is 0.161 e. The first-order valence-electron chi connectivity index (χ1n) is 6.51. The number of methoxy groups -OCH3 is 2. The summed E-state index contributed by atoms with van der Waals surface area (Å²) in [6, 6.07) is 3.85. The number of ketones is 1. The van der Waals surface area contributed by atoms with Crippen molar-refractivity contribution in [3.63, 3.8) is 0 Å². The van der Waals surface area contributed by atoms with E-state index in [1.807, 2.05) is 12.1 Å². The molecule has 1 aliphatic carbocycles. The zero-order valence-electron chi connectivity index (χ0n) is 11.6. The first kappa shape index (κ1) is 13.9. The summed E-state index contributed by atoms with van der Waals surface area (Å²) in [7, 11) is 3.20. The molecule has 0 aliphatic heterocycles. The molecule has 19 heavy (non-hydrogen) atoms. The van der Waals surface area contributed by atoms with E-state index in [9.17, 15) is 4.79 Å². The predicted octanol–water partition coefficient (Wildman–Crippen LogP) is 1.93. The largest absolute Gasteiger partial charge is 0.493 e. The molecule has 0 radical (unpaired) electrons. The van der Waals surface area contributed by atoms with Crippen LogP contribution in [0.2, 0.25) is 0 Å². The predicted molar refractivity (Wildman–Crippen MR) is 71.9 cm³/mol. The highest BCUT2D eigenvalue weighted by Gasteiger charge is 2.32. The van der Waals surface area contributed by atoms with Crippen molar-refractivity contribution in [2.45, 2.75) is 25.7 Å². The van der Waals surface area contributed by atoms with Crippen LogP contribution in [0.25, 0.3) is 0 Å². The van der Waals surface area contributed by atoms with E-state index in [1.165, 1.54) is 0 Å². The van der Waals surface area contributed by atoms with Crippen LogP contribution in [-0.2, 0) is 11.2 Å². The number of hydrogen-bond acceptors (Lipinski definition) is 4. The van der Waals surface area contributed by atoms with Gasteiger partial charge in [0, 0.05) is 11.8 Å². The van der Waals surface area contributed by atoms with Gasteiger partial charge in [-0.05, 0) is 36.1 Å². The van der Waals surface area contributed by atoms with Gasteiger partial charge in [-0.15, -0.1) is 0 Å². The zero-order chi connectivity index (χ0) is 14.0. The van der Waals surface area contributed by atoms with Gasteiger partial charge >= 0.3 is 0 Å². The van der Waals surface area contributed by atoms with Crippen molar-refractivity contribution >= 4 is 5.78 Å². The molecule has 0 bridgehead atoms. The minimum atomic E-state index is -0.316. The van der Waals surface area contributed by atoms with Crippen LogP contribution in [0.4, 0.5) is 0 Å². The molecule has 1 aliphatic rings. The highest BCUT2D eigenvalue weighted by Crippen LogP contribution is 2.41. The number of carbonyl (C=O) groups excluding carboxylic acids is 1. The summed E-state index contributed by atoms with van der Waals surface area (Å²) in [5, 5.41) is 9.13. The van der Waals surface area contributed by atoms with Gasteiger partial charge in [0.05, 0.1) is 20.8 Å². The smallest absolute Gasteiger partial charge is 0.161 e. The lowest BCUT2D eigenvalue weighted by molar-refractivity contribution is -0.124. The van der Waals surface area contributed by atoms with E-state index < -0.39 is 0 Å². The van der Waals surface area contributed by atoms with Crippen LogP contribution >= 0.6 is 0 Å². The van der Waals surface area contributed by atoms with Crippen molar-refractivity contribution in [2.24, 2.45) is 5.92 Å². The molecule has 0 aromatic heterocycles. The molecule has 0 spiro atoms. The summed E-state index contributed by atoms with van der Waals surface area (Å²) in [6.45, 7) is 1.67. The van der Waals surface area contributed by atoms with Gasteiger partial charge in [0.15, 0.2) is 11.5 Å². The average molecular weight is 264 g/mol. The molecule has 2 atom stereocenters. The molecule has 1 N–H and O–H groups in total. The SMILES string of the molecule is COc1cc2c(cc1OC)C(C(=O)C(C)CO)CC2. The Kier molecular flexibility index (Phi) is 4.10. The zero-order valence-corrected chi connectivity index (χ0v) is 11.6. The van der Waals surface area contributed by atoms with Crippen molar-refractivity contribution in [1.82, 2.24) is 0 Å². The second-order valence-electron chi connectivity index (χ2n) is 4.98. The molecule has 0 amide bonds. The van der Waals surface area contributed by atoms with E-state index in [0.717, 1.165) is 24.0 Å². The van der Waals surface area contributed by atoms with E-state index in [4.69, 9.17) is 14.6 Å². The highest BCUT2D eigenvalue weighted by molar-refractivity contribution is 5.89. The second-order valence-corrected chi connectivity index (χ2v) is 4.98. The fraction of sp³-hybridized carbons (Fsp3) is 0.533. The molecule has 0 fully saturated rings. The molecule has 4 heteroatoms. The number of aryl methyl sites for hydroxylation is 1. The monoisotopic (exact) mass is 264 g/mol. The summed E-state index contributed by atoms with van der Waals surface area (Å²) >= 11 is 0. The Morgan fingerprint density at radius 1 is 1.37 bits per heavy atom. The van der Waals surface area contributed by atoms with Gasteiger partial charge in [0.1, 0.15) is 5.78 Å². The molecule has 1 aromatic carbocycles. The van der Waals surface area contributed by atoms with Crippen LogP contribution < -0.4 is 9.47 Å². The number of aliphatic hydroxyl groups excluding tert-OH is 1. The maximum absolute atomic E-state index is 12.3. The Morgan fingerprint density at radius 3 is 2.58 bits per heavy atom. The van der Waals surface area contributed by atoms with E-state index >= 15 is 0 Å². The summed E-state index contributed by atoms with van der Waals surface area (Å²) in [5.74, 6) is 1.01. The van der Waals surface area contributed by atoms with Crippen molar-refractivity contribution in [3.8, 4) is 11.5 Å². The summed E-state index contributed by atoms with van der Waals surface area (Å²) in [6.07, 6.45) is 1.67. The van der Waals surface area contributed by atoms with Gasteiger partial charge < -0.3 is 14.6 Å². The standard InChI is InChI=1S/C15H20O4/c1-9(8-16)15(17)11-5-4-10-6-13(18-2)14(19-3)7-12(10)11/h6-7,9,11,16H,4-5,8H2,1-3H3. The lowest BCUT2D eigenvalue weighted by atomic mass is 9.89. The summed E-state index contributed by atoms with van der Waals surface area (Å²) in [5.41, 5.74) is 2.16. The number of Topliss-reactive ketones (excluding diaryl/α,β-unsaturated/α-hetero) is 1. The fourth-order valence-corrected chi connectivity index (χ4v) is 2.66. The number of ether oxygens (including phenoxy) is 2. The summed E-state index contributed by atoms with van der Waals surface area (Å²) < 4.78 is 10.6. The molecular weight excluding hydrogens is 244 g/mol. The molecule has 0 heterocycles. The third-order valence-electron chi connectivity index (χ3n) is 3.83. The molecular formula is C15H20O4. The van der Waals surface area contributed by atoms with Gasteiger partial charge in [0.25, 0.3) is 0 Å². The number of carbonyl (C=O) groups is 1. The molecule has 2 rings (SSSR count). The molecule has 4 nitrogen and oxygen atoms in total. The minimum absolute atomic E-state index is 0.0992. The maximum atomic E-state index is 12.3. The van der Waals surface area contributed by atoms with Gasteiger partial charge in [-0.2, -0.15) is 0 Å². The number of benzene rings is 1. The topological polar surface area (TPSA) is 55.8 Å². The molecule has 2 unspecified atom stereocenters. The van der Waals surface area contributed by atoms with E-state index in [1.54, 1.807) is 21.1 Å². The highest BCUT2D eigenvalue weighted by atomic mass is 16.5. The van der Waals surface area contributed by atoms with Crippen molar-refractivity contribution < 1.29 is 19.4 Å². The lowest BCUT2D eigenvalue weighted by Crippen LogP contribution is -2.21. The van der Waals surface area contributed by atoms with E-state index in [0.29, 0.717) is 11.5 Å². The Morgan fingerprint density at radius 2 is 2.00 bits per heavy atom. The minimum Gasteiger partial charge on any atom is -0.493 e. The third-order valence-corrected chi connectivity index (χ3v) is 3.83. The average Bonchev–Trinajstić information content (AvgIpc) is 2.86. The van der Waals surface area contributed by atoms with Crippen LogP contribution in [0.1, 0.15) is 30.4 Å². The second kappa shape index (κ2) is 5.61. The number of aliphatic hydroxyl groups is 1. The van der Waals surface area contributed by atoms with Gasteiger partial charge in [-0.3, -0.25) is 4.79 Å². The lowest BCUT2D eigenvalue weighted by Gasteiger charge is -2.16. The van der Waals surface area contributed by atoms with Gasteiger partial charge in [-0.25, -0.2) is 0 Å². The normalized spacial score (nSPS) is 18.8. The molecule has 0 saturated carbocycles. The number of hydrogen-bond donors (Lipinski definition) is 1. The van der Waals surface area contributed by atoms with Crippen LogP contribution in [0, 0.1) is 5.92 Å².